The van der Waals surface area contributed by atoms with Crippen molar-refractivity contribution in [1.29, 1.82) is 0 Å². The largest absolute Gasteiger partial charge is 0.486 e. The fourth-order valence-electron chi connectivity index (χ4n) is 3.57. The van der Waals surface area contributed by atoms with Gasteiger partial charge < -0.3 is 19.7 Å². The van der Waals surface area contributed by atoms with Crippen molar-refractivity contribution in [1.82, 2.24) is 15.5 Å². The van der Waals surface area contributed by atoms with Crippen molar-refractivity contribution in [3.05, 3.63) is 57.5 Å². The first kappa shape index (κ1) is 17.3. The number of aromatic nitrogens is 2. The van der Waals surface area contributed by atoms with Gasteiger partial charge in [-0.25, -0.2) is 0 Å². The summed E-state index contributed by atoms with van der Waals surface area (Å²) >= 11 is 1.63. The molecule has 28 heavy (non-hydrogen) atoms. The molecule has 2 aromatic heterocycles. The van der Waals surface area contributed by atoms with Crippen molar-refractivity contribution in [2.45, 2.75) is 19.5 Å². The molecule has 2 aliphatic heterocycles. The van der Waals surface area contributed by atoms with E-state index in [1.807, 2.05) is 35.7 Å². The highest BCUT2D eigenvalue weighted by Crippen LogP contribution is 2.35. The number of thiophene rings is 1. The van der Waals surface area contributed by atoms with Gasteiger partial charge in [0.25, 0.3) is 5.91 Å². The van der Waals surface area contributed by atoms with E-state index < -0.39 is 0 Å². The molecule has 144 valence electrons. The van der Waals surface area contributed by atoms with E-state index in [0.29, 0.717) is 43.5 Å². The van der Waals surface area contributed by atoms with Gasteiger partial charge in [-0.05, 0) is 23.6 Å². The molecule has 0 atom stereocenters. The summed E-state index contributed by atoms with van der Waals surface area (Å²) in [6.07, 6.45) is 0.852. The molecule has 8 heteroatoms. The monoisotopic (exact) mass is 396 g/mol. The number of carbonyl (C=O) groups is 1. The van der Waals surface area contributed by atoms with Crippen LogP contribution in [0.5, 0.6) is 11.5 Å². The van der Waals surface area contributed by atoms with Gasteiger partial charge in [0.2, 0.25) is 0 Å². The molecule has 4 heterocycles. The molecule has 0 spiro atoms. The fourth-order valence-corrected chi connectivity index (χ4v) is 4.26. The predicted octanol–water partition coefficient (Wildman–Crippen LogP) is 2.74. The Morgan fingerprint density at radius 3 is 2.96 bits per heavy atom. The van der Waals surface area contributed by atoms with E-state index in [1.165, 1.54) is 0 Å². The van der Waals surface area contributed by atoms with E-state index in [2.05, 4.69) is 15.5 Å². The number of carbonyl (C=O) groups excluding carboxylic acids is 1. The van der Waals surface area contributed by atoms with E-state index in [0.717, 1.165) is 34.8 Å². The quantitative estimate of drug-likeness (QED) is 0.709. The van der Waals surface area contributed by atoms with Gasteiger partial charge in [-0.1, -0.05) is 6.07 Å². The molecule has 3 aromatic rings. The molecule has 2 N–H and O–H groups in total. The normalized spacial score (nSPS) is 15.1. The molecule has 0 saturated heterocycles. The highest BCUT2D eigenvalue weighted by molar-refractivity contribution is 7.09. The predicted molar refractivity (Wildman–Crippen MR) is 106 cm³/mol. The highest BCUT2D eigenvalue weighted by atomic mass is 32.1. The van der Waals surface area contributed by atoms with Crippen molar-refractivity contribution < 1.29 is 14.3 Å². The van der Waals surface area contributed by atoms with Crippen LogP contribution in [-0.2, 0) is 19.5 Å². The summed E-state index contributed by atoms with van der Waals surface area (Å²) in [7, 11) is 0. The van der Waals surface area contributed by atoms with Gasteiger partial charge in [-0.2, -0.15) is 5.10 Å². The van der Waals surface area contributed by atoms with Crippen LogP contribution in [0.15, 0.2) is 35.7 Å². The van der Waals surface area contributed by atoms with Gasteiger partial charge in [-0.15, -0.1) is 11.3 Å². The Balaban J connectivity index is 1.53. The summed E-state index contributed by atoms with van der Waals surface area (Å²) in [6, 6.07) is 9.66. The summed E-state index contributed by atoms with van der Waals surface area (Å²) in [5.74, 6) is 1.25. The molecule has 0 unspecified atom stereocenters. The first-order chi connectivity index (χ1) is 13.8. The Kier molecular flexibility index (Phi) is 4.50. The molecular weight excluding hydrogens is 376 g/mol. The molecule has 1 amide bonds. The highest BCUT2D eigenvalue weighted by Gasteiger charge is 2.28. The molecule has 0 fully saturated rings. The summed E-state index contributed by atoms with van der Waals surface area (Å²) in [5, 5.41) is 12.7. The molecular formula is C20H20N4O3S. The second kappa shape index (κ2) is 7.29. The number of hydrogen-bond acceptors (Lipinski definition) is 6. The SMILES string of the molecule is O=C(c1n[nH]c2c1CNCC2)N(Cc1cccs1)c1ccc2c(c1)OCCO2. The standard InChI is InChI=1S/C20H20N4O3S/c25-20(19-15-11-21-6-5-16(15)22-23-19)24(12-14-2-1-9-28-14)13-3-4-17-18(10-13)27-8-7-26-17/h1-4,9-10,21H,5-8,11-12H2,(H,22,23). The van der Waals surface area contributed by atoms with Crippen molar-refractivity contribution in [2.75, 3.05) is 24.7 Å². The van der Waals surface area contributed by atoms with Crippen molar-refractivity contribution in [3.63, 3.8) is 0 Å². The molecule has 5 rings (SSSR count). The first-order valence-corrected chi connectivity index (χ1v) is 10.2. The number of amides is 1. The maximum atomic E-state index is 13.5. The van der Waals surface area contributed by atoms with Crippen LogP contribution < -0.4 is 19.7 Å². The smallest absolute Gasteiger partial charge is 0.279 e. The topological polar surface area (TPSA) is 79.5 Å². The number of H-pyrrole nitrogens is 1. The van der Waals surface area contributed by atoms with Gasteiger partial charge in [0.05, 0.1) is 6.54 Å². The first-order valence-electron chi connectivity index (χ1n) is 9.30. The van der Waals surface area contributed by atoms with Crippen molar-refractivity contribution >= 4 is 22.9 Å². The molecule has 0 saturated carbocycles. The van der Waals surface area contributed by atoms with Gasteiger partial charge in [0.1, 0.15) is 13.2 Å². The Morgan fingerprint density at radius 2 is 2.11 bits per heavy atom. The van der Waals surface area contributed by atoms with Crippen LogP contribution in [0.4, 0.5) is 5.69 Å². The zero-order valence-electron chi connectivity index (χ0n) is 15.2. The molecule has 0 radical (unpaired) electrons. The van der Waals surface area contributed by atoms with Crippen LogP contribution in [0.1, 0.15) is 26.6 Å². The van der Waals surface area contributed by atoms with Gasteiger partial charge in [0.15, 0.2) is 17.2 Å². The van der Waals surface area contributed by atoms with Crippen LogP contribution in [0, 0.1) is 0 Å². The third-order valence-corrected chi connectivity index (χ3v) is 5.85. The Hall–Kier alpha value is -2.84. The molecule has 1 aromatic carbocycles. The minimum Gasteiger partial charge on any atom is -0.486 e. The third-order valence-electron chi connectivity index (χ3n) is 4.99. The lowest BCUT2D eigenvalue weighted by Gasteiger charge is -2.25. The van der Waals surface area contributed by atoms with Crippen LogP contribution >= 0.6 is 11.3 Å². The van der Waals surface area contributed by atoms with E-state index in [-0.39, 0.29) is 5.91 Å². The summed E-state index contributed by atoms with van der Waals surface area (Å²) in [5.41, 5.74) is 3.25. The average molecular weight is 396 g/mol. The number of aromatic amines is 1. The van der Waals surface area contributed by atoms with Crippen molar-refractivity contribution in [3.8, 4) is 11.5 Å². The lowest BCUT2D eigenvalue weighted by Crippen LogP contribution is -2.32. The second-order valence-corrected chi connectivity index (χ2v) is 7.79. The fraction of sp³-hybridized carbons (Fsp3) is 0.300. The number of benzene rings is 1. The Morgan fingerprint density at radius 1 is 1.21 bits per heavy atom. The van der Waals surface area contributed by atoms with Crippen LogP contribution in [0.25, 0.3) is 0 Å². The molecule has 2 aliphatic rings. The number of nitrogens with zero attached hydrogens (tertiary/aromatic N) is 2. The lowest BCUT2D eigenvalue weighted by molar-refractivity contribution is 0.0979. The summed E-state index contributed by atoms with van der Waals surface area (Å²) < 4.78 is 11.3. The van der Waals surface area contributed by atoms with Gasteiger partial charge in [-0.3, -0.25) is 9.89 Å². The summed E-state index contributed by atoms with van der Waals surface area (Å²) in [6.45, 7) is 3.07. The van der Waals surface area contributed by atoms with Gasteiger partial charge >= 0.3 is 0 Å². The average Bonchev–Trinajstić information content (AvgIpc) is 3.41. The minimum atomic E-state index is -0.119. The van der Waals surface area contributed by atoms with Crippen molar-refractivity contribution in [2.24, 2.45) is 0 Å². The van der Waals surface area contributed by atoms with E-state index in [1.54, 1.807) is 16.2 Å². The molecule has 7 nitrogen and oxygen atoms in total. The number of fused-ring (bicyclic) bond motifs is 2. The zero-order chi connectivity index (χ0) is 18.9. The number of ether oxygens (including phenoxy) is 2. The number of hydrogen-bond donors (Lipinski definition) is 2. The summed E-state index contributed by atoms with van der Waals surface area (Å²) in [4.78, 5) is 16.4. The van der Waals surface area contributed by atoms with E-state index >= 15 is 0 Å². The van der Waals surface area contributed by atoms with Crippen LogP contribution in [-0.4, -0.2) is 35.9 Å². The number of nitrogens with one attached hydrogen (secondary N) is 2. The minimum absolute atomic E-state index is 0.119. The Labute approximate surface area is 166 Å². The van der Waals surface area contributed by atoms with Crippen LogP contribution in [0.2, 0.25) is 0 Å². The third kappa shape index (κ3) is 3.14. The lowest BCUT2D eigenvalue weighted by atomic mass is 10.1. The maximum Gasteiger partial charge on any atom is 0.279 e. The van der Waals surface area contributed by atoms with E-state index in [4.69, 9.17) is 9.47 Å². The maximum absolute atomic E-state index is 13.5. The number of anilines is 1. The van der Waals surface area contributed by atoms with Gasteiger partial charge in [0, 0.05) is 47.4 Å². The molecule has 0 bridgehead atoms. The molecule has 0 aliphatic carbocycles. The zero-order valence-corrected chi connectivity index (χ0v) is 16.1. The van der Waals surface area contributed by atoms with E-state index in [9.17, 15) is 4.79 Å². The number of rotatable bonds is 4. The Bertz CT molecular complexity index is 999. The van der Waals surface area contributed by atoms with Crippen LogP contribution in [0.3, 0.4) is 0 Å². The second-order valence-electron chi connectivity index (χ2n) is 6.75.